The number of carbonyl (C=O) groups excluding carboxylic acids is 1. The van der Waals surface area contributed by atoms with Crippen LogP contribution in [0.25, 0.3) is 10.9 Å². The number of aryl methyl sites for hydroxylation is 2. The number of nitrogens with two attached hydrogens (primary N) is 1. The van der Waals surface area contributed by atoms with Crippen molar-refractivity contribution in [2.24, 2.45) is 5.84 Å². The Labute approximate surface area is 140 Å². The maximum atomic E-state index is 12.3. The largest absolute Gasteiger partial charge is 0.344 e. The number of hydrazine groups is 1. The van der Waals surface area contributed by atoms with Crippen molar-refractivity contribution < 1.29 is 13.2 Å². The lowest BCUT2D eigenvalue weighted by atomic mass is 10.1. The topological polar surface area (TPSA) is 97.4 Å². The molecule has 23 heavy (non-hydrogen) atoms. The van der Waals surface area contributed by atoms with Gasteiger partial charge in [-0.25, -0.2) is 14.3 Å². The van der Waals surface area contributed by atoms with Crippen molar-refractivity contribution in [1.82, 2.24) is 9.99 Å². The number of amides is 1. The minimum absolute atomic E-state index is 0. The van der Waals surface area contributed by atoms with Gasteiger partial charge in [-0.1, -0.05) is 6.92 Å². The zero-order chi connectivity index (χ0) is 16.1. The standard InChI is InChI=1S/C14H18N4O3S.ClH/c1-3-9-8-18-4-5-22(20,21)17(2)12-7-10(14(19)16-15)6-11(9)13(12)18;/h6-8H,3-5,15H2,1-2H3,(H,16,19);1H. The highest BCUT2D eigenvalue weighted by atomic mass is 35.5. The highest BCUT2D eigenvalue weighted by Gasteiger charge is 2.27. The molecule has 0 saturated heterocycles. The van der Waals surface area contributed by atoms with Gasteiger partial charge in [0.2, 0.25) is 10.0 Å². The molecule has 1 amide bonds. The first-order chi connectivity index (χ1) is 10.4. The van der Waals surface area contributed by atoms with Crippen LogP contribution in [0.2, 0.25) is 0 Å². The smallest absolute Gasteiger partial charge is 0.265 e. The monoisotopic (exact) mass is 358 g/mol. The molecule has 7 nitrogen and oxygen atoms in total. The number of halogens is 1. The van der Waals surface area contributed by atoms with Gasteiger partial charge in [0.1, 0.15) is 0 Å². The number of sulfonamides is 1. The van der Waals surface area contributed by atoms with Crippen molar-refractivity contribution in [3.8, 4) is 0 Å². The van der Waals surface area contributed by atoms with Crippen molar-refractivity contribution in [3.63, 3.8) is 0 Å². The number of benzene rings is 1. The number of aromatic nitrogens is 1. The summed E-state index contributed by atoms with van der Waals surface area (Å²) in [6.45, 7) is 2.43. The molecule has 3 rings (SSSR count). The summed E-state index contributed by atoms with van der Waals surface area (Å²) in [5.74, 6) is 4.80. The van der Waals surface area contributed by atoms with E-state index in [9.17, 15) is 13.2 Å². The van der Waals surface area contributed by atoms with Crippen LogP contribution in [0.5, 0.6) is 0 Å². The number of rotatable bonds is 2. The Morgan fingerprint density at radius 2 is 2.09 bits per heavy atom. The third-order valence-corrected chi connectivity index (χ3v) is 5.89. The zero-order valence-corrected chi connectivity index (χ0v) is 14.5. The van der Waals surface area contributed by atoms with E-state index in [0.29, 0.717) is 17.8 Å². The molecule has 0 saturated carbocycles. The number of anilines is 1. The summed E-state index contributed by atoms with van der Waals surface area (Å²) in [7, 11) is -1.88. The van der Waals surface area contributed by atoms with Crippen LogP contribution in [0.15, 0.2) is 18.3 Å². The third-order valence-electron chi connectivity index (χ3n) is 4.16. The van der Waals surface area contributed by atoms with E-state index in [2.05, 4.69) is 5.43 Å². The van der Waals surface area contributed by atoms with Crippen LogP contribution in [0.3, 0.4) is 0 Å². The second-order valence-electron chi connectivity index (χ2n) is 5.35. The SMILES string of the molecule is CCc1cn2c3c(cc(C(=O)NN)cc13)N(C)S(=O)(=O)CC2.Cl. The van der Waals surface area contributed by atoms with Gasteiger partial charge in [-0.15, -0.1) is 12.4 Å². The van der Waals surface area contributed by atoms with Crippen LogP contribution < -0.4 is 15.6 Å². The van der Waals surface area contributed by atoms with Gasteiger partial charge in [0, 0.05) is 30.7 Å². The zero-order valence-electron chi connectivity index (χ0n) is 12.9. The lowest BCUT2D eigenvalue weighted by molar-refractivity contribution is 0.0954. The van der Waals surface area contributed by atoms with E-state index in [-0.39, 0.29) is 18.2 Å². The Hall–Kier alpha value is -1.77. The van der Waals surface area contributed by atoms with Gasteiger partial charge < -0.3 is 4.57 Å². The molecule has 0 unspecified atom stereocenters. The summed E-state index contributed by atoms with van der Waals surface area (Å²) in [6.07, 6.45) is 2.76. The number of hydrogen-bond donors (Lipinski definition) is 2. The molecule has 0 radical (unpaired) electrons. The van der Waals surface area contributed by atoms with Gasteiger partial charge in [-0.2, -0.15) is 0 Å². The molecule has 126 valence electrons. The van der Waals surface area contributed by atoms with E-state index >= 15 is 0 Å². The van der Waals surface area contributed by atoms with Crippen LogP contribution in [0, 0.1) is 0 Å². The summed E-state index contributed by atoms with van der Waals surface area (Å²) in [5.41, 5.74) is 4.87. The summed E-state index contributed by atoms with van der Waals surface area (Å²) in [4.78, 5) is 11.9. The summed E-state index contributed by atoms with van der Waals surface area (Å²) >= 11 is 0. The molecule has 9 heteroatoms. The number of nitrogens with one attached hydrogen (secondary N) is 1. The molecular formula is C14H19ClN4O3S. The van der Waals surface area contributed by atoms with Crippen molar-refractivity contribution in [2.45, 2.75) is 19.9 Å². The molecule has 1 aliphatic rings. The lowest BCUT2D eigenvalue weighted by Crippen LogP contribution is -2.31. The maximum absolute atomic E-state index is 12.3. The molecule has 2 heterocycles. The fraction of sp³-hybridized carbons (Fsp3) is 0.357. The Morgan fingerprint density at radius 3 is 2.70 bits per heavy atom. The number of nitrogen functional groups attached to an aromatic ring is 1. The Kier molecular flexibility index (Phi) is 4.61. The fourth-order valence-corrected chi connectivity index (χ4v) is 4.04. The molecule has 0 spiro atoms. The molecule has 0 aliphatic carbocycles. The molecule has 0 bridgehead atoms. The van der Waals surface area contributed by atoms with Gasteiger partial charge in [0.05, 0.1) is 17.0 Å². The van der Waals surface area contributed by atoms with Gasteiger partial charge in [-0.3, -0.25) is 14.5 Å². The first kappa shape index (κ1) is 17.6. The second kappa shape index (κ2) is 6.03. The minimum atomic E-state index is -3.40. The molecule has 1 aromatic carbocycles. The highest BCUT2D eigenvalue weighted by molar-refractivity contribution is 7.92. The Bertz CT molecular complexity index is 876. The highest BCUT2D eigenvalue weighted by Crippen LogP contribution is 2.35. The van der Waals surface area contributed by atoms with E-state index in [1.165, 1.54) is 11.4 Å². The van der Waals surface area contributed by atoms with Gasteiger partial charge in [0.15, 0.2) is 0 Å². The van der Waals surface area contributed by atoms with Gasteiger partial charge in [-0.05, 0) is 24.1 Å². The van der Waals surface area contributed by atoms with E-state index in [1.54, 1.807) is 12.1 Å². The Morgan fingerprint density at radius 1 is 1.39 bits per heavy atom. The average molecular weight is 359 g/mol. The van der Waals surface area contributed by atoms with Crippen molar-refractivity contribution in [2.75, 3.05) is 17.1 Å². The first-order valence-corrected chi connectivity index (χ1v) is 8.63. The van der Waals surface area contributed by atoms with Crippen molar-refractivity contribution >= 4 is 44.9 Å². The maximum Gasteiger partial charge on any atom is 0.265 e. The van der Waals surface area contributed by atoms with Gasteiger partial charge >= 0.3 is 0 Å². The lowest BCUT2D eigenvalue weighted by Gasteiger charge is -2.18. The van der Waals surface area contributed by atoms with E-state index in [4.69, 9.17) is 5.84 Å². The number of nitrogens with zero attached hydrogens (tertiary/aromatic N) is 2. The predicted molar refractivity (Wildman–Crippen MR) is 92.4 cm³/mol. The molecule has 3 N–H and O–H groups in total. The number of carbonyl (C=O) groups is 1. The number of hydrogen-bond acceptors (Lipinski definition) is 4. The molecular weight excluding hydrogens is 340 g/mol. The van der Waals surface area contributed by atoms with Crippen molar-refractivity contribution in [3.05, 3.63) is 29.5 Å². The van der Waals surface area contributed by atoms with Crippen LogP contribution in [0.1, 0.15) is 22.8 Å². The predicted octanol–water partition coefficient (Wildman–Crippen LogP) is 1.01. The normalized spacial score (nSPS) is 15.9. The van der Waals surface area contributed by atoms with Crippen LogP contribution >= 0.6 is 12.4 Å². The van der Waals surface area contributed by atoms with Crippen LogP contribution in [0.4, 0.5) is 5.69 Å². The Balaban J connectivity index is 0.00000192. The molecule has 0 atom stereocenters. The van der Waals surface area contributed by atoms with Crippen LogP contribution in [-0.4, -0.2) is 31.7 Å². The summed E-state index contributed by atoms with van der Waals surface area (Å²) in [5, 5.41) is 0.891. The quantitative estimate of drug-likeness (QED) is 0.475. The molecule has 0 fully saturated rings. The minimum Gasteiger partial charge on any atom is -0.344 e. The van der Waals surface area contributed by atoms with E-state index in [0.717, 1.165) is 22.9 Å². The first-order valence-electron chi connectivity index (χ1n) is 7.02. The average Bonchev–Trinajstić information content (AvgIpc) is 2.84. The molecule has 1 aromatic heterocycles. The van der Waals surface area contributed by atoms with Crippen LogP contribution in [-0.2, 0) is 23.0 Å². The second-order valence-corrected chi connectivity index (χ2v) is 7.47. The summed E-state index contributed by atoms with van der Waals surface area (Å²) < 4.78 is 27.8. The molecule has 2 aromatic rings. The fourth-order valence-electron chi connectivity index (χ4n) is 2.90. The third kappa shape index (κ3) is 2.66. The van der Waals surface area contributed by atoms with E-state index < -0.39 is 15.9 Å². The van der Waals surface area contributed by atoms with Crippen molar-refractivity contribution in [1.29, 1.82) is 0 Å². The summed E-state index contributed by atoms with van der Waals surface area (Å²) in [6, 6.07) is 3.34. The van der Waals surface area contributed by atoms with E-state index in [1.807, 2.05) is 17.7 Å². The molecule has 1 aliphatic heterocycles. The van der Waals surface area contributed by atoms with Gasteiger partial charge in [0.25, 0.3) is 5.91 Å².